The molecule has 84 valence electrons. The second-order valence-electron chi connectivity index (χ2n) is 3.31. The minimum atomic E-state index is -0.552. The first-order valence-corrected chi connectivity index (χ1v) is 6.68. The lowest BCUT2D eigenvalue weighted by Gasteiger charge is -2.06. The van der Waals surface area contributed by atoms with E-state index in [1.165, 1.54) is 11.3 Å². The fourth-order valence-corrected chi connectivity index (χ4v) is 3.07. The van der Waals surface area contributed by atoms with Crippen LogP contribution in [0, 0.1) is 0 Å². The van der Waals surface area contributed by atoms with Gasteiger partial charge in [0, 0.05) is 27.7 Å². The average Bonchev–Trinajstić information content (AvgIpc) is 2.61. The topological polar surface area (TPSA) is 33.1 Å². The second-order valence-corrected chi connectivity index (χ2v) is 5.85. The molecule has 0 aliphatic carbocycles. The van der Waals surface area contributed by atoms with Crippen LogP contribution < -0.4 is 0 Å². The summed E-state index contributed by atoms with van der Waals surface area (Å²) in [6, 6.07) is 7.51. The predicted molar refractivity (Wildman–Crippen MR) is 69.9 cm³/mol. The fraction of sp³-hybridized carbons (Fsp3) is 0.182. The van der Waals surface area contributed by atoms with Gasteiger partial charge in [0.25, 0.3) is 0 Å². The molecular weight excluding hydrogens is 310 g/mol. The standard InChI is InChI=1S/C11H9BrClNOS/c12-8-6-10(16-11(8)13)9(15)5-7-3-1-2-4-14-7/h1-4,6,9,15H,5H2. The summed E-state index contributed by atoms with van der Waals surface area (Å²) in [5.41, 5.74) is 0.871. The maximum absolute atomic E-state index is 10.0. The van der Waals surface area contributed by atoms with Gasteiger partial charge in [-0.2, -0.15) is 0 Å². The van der Waals surface area contributed by atoms with E-state index in [1.807, 2.05) is 24.3 Å². The van der Waals surface area contributed by atoms with Crippen molar-refractivity contribution in [1.82, 2.24) is 4.98 Å². The van der Waals surface area contributed by atoms with Crippen molar-refractivity contribution in [3.8, 4) is 0 Å². The van der Waals surface area contributed by atoms with Gasteiger partial charge in [0.1, 0.15) is 4.34 Å². The first-order valence-electron chi connectivity index (χ1n) is 4.69. The van der Waals surface area contributed by atoms with E-state index in [4.69, 9.17) is 11.6 Å². The minimum absolute atomic E-state index is 0.504. The van der Waals surface area contributed by atoms with Gasteiger partial charge in [-0.1, -0.05) is 17.7 Å². The second kappa shape index (κ2) is 5.27. The Bertz CT molecular complexity index is 455. The highest BCUT2D eigenvalue weighted by Crippen LogP contribution is 2.35. The summed E-state index contributed by atoms with van der Waals surface area (Å²) in [5.74, 6) is 0. The van der Waals surface area contributed by atoms with Gasteiger partial charge >= 0.3 is 0 Å². The molecule has 0 saturated carbocycles. The molecule has 2 aromatic rings. The highest BCUT2D eigenvalue weighted by Gasteiger charge is 2.14. The molecule has 1 N–H and O–H groups in total. The van der Waals surface area contributed by atoms with Crippen molar-refractivity contribution in [1.29, 1.82) is 0 Å². The Hall–Kier alpha value is -0.420. The van der Waals surface area contributed by atoms with Crippen LogP contribution in [0.4, 0.5) is 0 Å². The zero-order chi connectivity index (χ0) is 11.5. The van der Waals surface area contributed by atoms with Gasteiger partial charge in [-0.05, 0) is 34.1 Å². The predicted octanol–water partition coefficient (Wildman–Crippen LogP) is 3.84. The molecule has 0 aromatic carbocycles. The molecule has 2 rings (SSSR count). The number of hydrogen-bond acceptors (Lipinski definition) is 3. The monoisotopic (exact) mass is 317 g/mol. The molecule has 0 saturated heterocycles. The zero-order valence-electron chi connectivity index (χ0n) is 8.23. The van der Waals surface area contributed by atoms with Gasteiger partial charge in [-0.3, -0.25) is 4.98 Å². The smallest absolute Gasteiger partial charge is 0.107 e. The molecule has 0 radical (unpaired) electrons. The zero-order valence-corrected chi connectivity index (χ0v) is 11.4. The van der Waals surface area contributed by atoms with Crippen molar-refractivity contribution in [2.45, 2.75) is 12.5 Å². The molecule has 0 amide bonds. The Labute approximate surface area is 111 Å². The summed E-state index contributed by atoms with van der Waals surface area (Å²) < 4.78 is 1.49. The van der Waals surface area contributed by atoms with Crippen molar-refractivity contribution in [2.24, 2.45) is 0 Å². The van der Waals surface area contributed by atoms with E-state index < -0.39 is 6.10 Å². The number of pyridine rings is 1. The van der Waals surface area contributed by atoms with Crippen LogP contribution in [0.5, 0.6) is 0 Å². The molecule has 0 aliphatic heterocycles. The highest BCUT2D eigenvalue weighted by atomic mass is 79.9. The Morgan fingerprint density at radius 2 is 2.31 bits per heavy atom. The van der Waals surface area contributed by atoms with E-state index in [-0.39, 0.29) is 0 Å². The van der Waals surface area contributed by atoms with Crippen molar-refractivity contribution in [3.05, 3.63) is 49.8 Å². The Morgan fingerprint density at radius 1 is 1.50 bits per heavy atom. The van der Waals surface area contributed by atoms with E-state index in [0.717, 1.165) is 15.0 Å². The van der Waals surface area contributed by atoms with Crippen LogP contribution in [0.25, 0.3) is 0 Å². The van der Waals surface area contributed by atoms with Gasteiger partial charge in [-0.15, -0.1) is 11.3 Å². The van der Waals surface area contributed by atoms with Crippen LogP contribution in [0.2, 0.25) is 4.34 Å². The summed E-state index contributed by atoms with van der Waals surface area (Å²) in [4.78, 5) is 5.02. The van der Waals surface area contributed by atoms with Gasteiger partial charge in [0.2, 0.25) is 0 Å². The molecule has 1 unspecified atom stereocenters. The Kier molecular flexibility index (Phi) is 3.97. The molecule has 2 nitrogen and oxygen atoms in total. The first kappa shape index (κ1) is 12.0. The molecule has 2 aromatic heterocycles. The summed E-state index contributed by atoms with van der Waals surface area (Å²) in [6.07, 6.45) is 1.67. The number of nitrogens with zero attached hydrogens (tertiary/aromatic N) is 1. The number of aliphatic hydroxyl groups excluding tert-OH is 1. The molecular formula is C11H9BrClNOS. The Balaban J connectivity index is 2.11. The van der Waals surface area contributed by atoms with Crippen molar-refractivity contribution < 1.29 is 5.11 Å². The maximum atomic E-state index is 10.0. The van der Waals surface area contributed by atoms with E-state index in [9.17, 15) is 5.11 Å². The summed E-state index contributed by atoms with van der Waals surface area (Å²) in [6.45, 7) is 0. The highest BCUT2D eigenvalue weighted by molar-refractivity contribution is 9.10. The molecule has 1 atom stereocenters. The molecule has 2 heterocycles. The number of halogens is 2. The Morgan fingerprint density at radius 3 is 2.88 bits per heavy atom. The lowest BCUT2D eigenvalue weighted by molar-refractivity contribution is 0.181. The quantitative estimate of drug-likeness (QED) is 0.933. The lowest BCUT2D eigenvalue weighted by Crippen LogP contribution is -2.00. The molecule has 5 heteroatoms. The molecule has 0 fully saturated rings. The molecule has 0 spiro atoms. The lowest BCUT2D eigenvalue weighted by atomic mass is 10.1. The number of rotatable bonds is 3. The molecule has 0 aliphatic rings. The number of hydrogen-bond donors (Lipinski definition) is 1. The van der Waals surface area contributed by atoms with Crippen molar-refractivity contribution >= 4 is 38.9 Å². The van der Waals surface area contributed by atoms with E-state index in [2.05, 4.69) is 20.9 Å². The van der Waals surface area contributed by atoms with Crippen LogP contribution >= 0.6 is 38.9 Å². The van der Waals surface area contributed by atoms with E-state index >= 15 is 0 Å². The number of aromatic nitrogens is 1. The third-order valence-electron chi connectivity index (χ3n) is 2.12. The largest absolute Gasteiger partial charge is 0.387 e. The van der Waals surface area contributed by atoms with Crippen molar-refractivity contribution in [2.75, 3.05) is 0 Å². The number of aliphatic hydroxyl groups is 1. The van der Waals surface area contributed by atoms with Crippen LogP contribution in [-0.4, -0.2) is 10.1 Å². The summed E-state index contributed by atoms with van der Waals surface area (Å²) >= 11 is 10.6. The maximum Gasteiger partial charge on any atom is 0.107 e. The number of thiophene rings is 1. The molecule has 0 bridgehead atoms. The first-order chi connectivity index (χ1) is 7.66. The van der Waals surface area contributed by atoms with Gasteiger partial charge in [0.15, 0.2) is 0 Å². The van der Waals surface area contributed by atoms with Gasteiger partial charge in [0.05, 0.1) is 6.10 Å². The van der Waals surface area contributed by atoms with E-state index in [1.54, 1.807) is 6.20 Å². The third kappa shape index (κ3) is 2.83. The van der Waals surface area contributed by atoms with Crippen LogP contribution in [0.15, 0.2) is 34.9 Å². The van der Waals surface area contributed by atoms with Crippen molar-refractivity contribution in [3.63, 3.8) is 0 Å². The SMILES string of the molecule is OC(Cc1ccccn1)c1cc(Br)c(Cl)s1. The van der Waals surface area contributed by atoms with Crippen LogP contribution in [-0.2, 0) is 6.42 Å². The average molecular weight is 319 g/mol. The summed E-state index contributed by atoms with van der Waals surface area (Å²) in [7, 11) is 0. The van der Waals surface area contributed by atoms with Crippen LogP contribution in [0.3, 0.4) is 0 Å². The van der Waals surface area contributed by atoms with E-state index in [0.29, 0.717) is 10.8 Å². The summed E-state index contributed by atoms with van der Waals surface area (Å²) in [5, 5.41) is 10.0. The normalized spacial score (nSPS) is 12.7. The minimum Gasteiger partial charge on any atom is -0.387 e. The van der Waals surface area contributed by atoms with Gasteiger partial charge < -0.3 is 5.11 Å². The van der Waals surface area contributed by atoms with Gasteiger partial charge in [-0.25, -0.2) is 0 Å². The fourth-order valence-electron chi connectivity index (χ4n) is 1.35. The molecule has 16 heavy (non-hydrogen) atoms. The van der Waals surface area contributed by atoms with Crippen LogP contribution in [0.1, 0.15) is 16.7 Å². The third-order valence-corrected chi connectivity index (χ3v) is 4.70.